The molecule has 2 rings (SSSR count). The Morgan fingerprint density at radius 3 is 2.90 bits per heavy atom. The molecule has 0 aliphatic carbocycles. The zero-order valence-corrected chi connectivity index (χ0v) is 13.1. The van der Waals surface area contributed by atoms with Crippen molar-refractivity contribution in [3.8, 4) is 5.75 Å². The van der Waals surface area contributed by atoms with Gasteiger partial charge in [-0.3, -0.25) is 4.90 Å². The minimum Gasteiger partial charge on any atom is -0.496 e. The van der Waals surface area contributed by atoms with E-state index in [1.165, 1.54) is 43.4 Å². The van der Waals surface area contributed by atoms with Gasteiger partial charge in [-0.1, -0.05) is 18.6 Å². The molecule has 20 heavy (non-hydrogen) atoms. The third-order valence-corrected chi connectivity index (χ3v) is 4.32. The summed E-state index contributed by atoms with van der Waals surface area (Å²) in [5.74, 6) is 0.985. The monoisotopic (exact) mass is 276 g/mol. The SMILES string of the molecule is CNCCC1CCCCN1Cc1ccc(OC)c(C)c1. The van der Waals surface area contributed by atoms with Crippen LogP contribution in [0.25, 0.3) is 0 Å². The van der Waals surface area contributed by atoms with Crippen LogP contribution in [0, 0.1) is 6.92 Å². The Labute approximate surface area is 123 Å². The Balaban J connectivity index is 2.00. The molecule has 0 aromatic heterocycles. The van der Waals surface area contributed by atoms with Crippen LogP contribution >= 0.6 is 0 Å². The summed E-state index contributed by atoms with van der Waals surface area (Å²) in [7, 11) is 3.78. The quantitative estimate of drug-likeness (QED) is 0.864. The van der Waals surface area contributed by atoms with Crippen molar-refractivity contribution in [2.45, 2.75) is 45.2 Å². The van der Waals surface area contributed by atoms with E-state index >= 15 is 0 Å². The fourth-order valence-electron chi connectivity index (χ4n) is 3.18. The van der Waals surface area contributed by atoms with Crippen LogP contribution < -0.4 is 10.1 Å². The first-order valence-electron chi connectivity index (χ1n) is 7.76. The van der Waals surface area contributed by atoms with Crippen LogP contribution in [-0.4, -0.2) is 38.2 Å². The molecule has 1 fully saturated rings. The van der Waals surface area contributed by atoms with Gasteiger partial charge in [-0.05, 0) is 63.5 Å². The number of nitrogens with one attached hydrogen (secondary N) is 1. The minimum atomic E-state index is 0.735. The van der Waals surface area contributed by atoms with Gasteiger partial charge in [0.2, 0.25) is 0 Å². The van der Waals surface area contributed by atoms with Crippen LogP contribution in [0.2, 0.25) is 0 Å². The number of benzene rings is 1. The number of likely N-dealkylation sites (tertiary alicyclic amines) is 1. The second-order valence-corrected chi connectivity index (χ2v) is 5.82. The van der Waals surface area contributed by atoms with Gasteiger partial charge >= 0.3 is 0 Å². The Bertz CT molecular complexity index is 419. The summed E-state index contributed by atoms with van der Waals surface area (Å²) >= 11 is 0. The number of rotatable bonds is 6. The van der Waals surface area contributed by atoms with Crippen molar-refractivity contribution in [2.24, 2.45) is 0 Å². The highest BCUT2D eigenvalue weighted by Gasteiger charge is 2.21. The number of ether oxygens (including phenoxy) is 1. The summed E-state index contributed by atoms with van der Waals surface area (Å²) in [6.07, 6.45) is 5.32. The van der Waals surface area contributed by atoms with E-state index in [-0.39, 0.29) is 0 Å². The molecule has 1 N–H and O–H groups in total. The average molecular weight is 276 g/mol. The molecule has 1 saturated heterocycles. The molecule has 1 heterocycles. The Hall–Kier alpha value is -1.06. The fourth-order valence-corrected chi connectivity index (χ4v) is 3.18. The zero-order valence-electron chi connectivity index (χ0n) is 13.1. The van der Waals surface area contributed by atoms with Crippen molar-refractivity contribution in [3.63, 3.8) is 0 Å². The first-order valence-corrected chi connectivity index (χ1v) is 7.76. The molecule has 0 amide bonds. The molecular formula is C17H28N2O. The van der Waals surface area contributed by atoms with Gasteiger partial charge in [-0.25, -0.2) is 0 Å². The molecule has 112 valence electrons. The number of methoxy groups -OCH3 is 1. The second-order valence-electron chi connectivity index (χ2n) is 5.82. The lowest BCUT2D eigenvalue weighted by Gasteiger charge is -2.36. The molecule has 1 aliphatic rings. The maximum atomic E-state index is 5.34. The van der Waals surface area contributed by atoms with Gasteiger partial charge in [-0.15, -0.1) is 0 Å². The van der Waals surface area contributed by atoms with E-state index in [4.69, 9.17) is 4.74 Å². The maximum absolute atomic E-state index is 5.34. The average Bonchev–Trinajstić information content (AvgIpc) is 2.46. The van der Waals surface area contributed by atoms with Crippen molar-refractivity contribution in [2.75, 3.05) is 27.2 Å². The summed E-state index contributed by atoms with van der Waals surface area (Å²) in [5, 5.41) is 3.28. The van der Waals surface area contributed by atoms with Crippen molar-refractivity contribution >= 4 is 0 Å². The van der Waals surface area contributed by atoms with E-state index in [2.05, 4.69) is 35.3 Å². The van der Waals surface area contributed by atoms with E-state index in [9.17, 15) is 0 Å². The van der Waals surface area contributed by atoms with Crippen LogP contribution in [0.4, 0.5) is 0 Å². The second kappa shape index (κ2) is 7.65. The molecule has 3 heteroatoms. The summed E-state index contributed by atoms with van der Waals surface area (Å²) in [5.41, 5.74) is 2.63. The summed E-state index contributed by atoms with van der Waals surface area (Å²) in [6, 6.07) is 7.30. The van der Waals surface area contributed by atoms with Crippen molar-refractivity contribution < 1.29 is 4.74 Å². The molecule has 1 unspecified atom stereocenters. The summed E-state index contributed by atoms with van der Waals surface area (Å²) in [4.78, 5) is 2.65. The van der Waals surface area contributed by atoms with Crippen LogP contribution in [0.5, 0.6) is 5.75 Å². The largest absolute Gasteiger partial charge is 0.496 e. The van der Waals surface area contributed by atoms with Gasteiger partial charge in [0.1, 0.15) is 5.75 Å². The predicted octanol–water partition coefficient (Wildman–Crippen LogP) is 2.97. The lowest BCUT2D eigenvalue weighted by molar-refractivity contribution is 0.132. The van der Waals surface area contributed by atoms with E-state index in [0.717, 1.165) is 24.9 Å². The van der Waals surface area contributed by atoms with Crippen LogP contribution in [0.1, 0.15) is 36.8 Å². The first kappa shape index (κ1) is 15.3. The Morgan fingerprint density at radius 1 is 1.35 bits per heavy atom. The Morgan fingerprint density at radius 2 is 2.20 bits per heavy atom. The molecule has 0 radical (unpaired) electrons. The van der Waals surface area contributed by atoms with Gasteiger partial charge in [0.05, 0.1) is 7.11 Å². The number of hydrogen-bond acceptors (Lipinski definition) is 3. The smallest absolute Gasteiger partial charge is 0.121 e. The summed E-state index contributed by atoms with van der Waals surface area (Å²) in [6.45, 7) is 5.54. The Kier molecular flexibility index (Phi) is 5.86. The number of hydrogen-bond donors (Lipinski definition) is 1. The normalized spacial score (nSPS) is 20.1. The molecule has 1 aromatic rings. The number of nitrogens with zero attached hydrogens (tertiary/aromatic N) is 1. The van der Waals surface area contributed by atoms with Crippen LogP contribution in [0.15, 0.2) is 18.2 Å². The lowest BCUT2D eigenvalue weighted by Crippen LogP contribution is -2.40. The highest BCUT2D eigenvalue weighted by molar-refractivity contribution is 5.36. The first-order chi connectivity index (χ1) is 9.74. The molecule has 1 aliphatic heterocycles. The molecule has 0 saturated carbocycles. The van der Waals surface area contributed by atoms with Crippen molar-refractivity contribution in [3.05, 3.63) is 29.3 Å². The highest BCUT2D eigenvalue weighted by atomic mass is 16.5. The van der Waals surface area contributed by atoms with E-state index in [1.807, 2.05) is 7.05 Å². The topological polar surface area (TPSA) is 24.5 Å². The van der Waals surface area contributed by atoms with E-state index < -0.39 is 0 Å². The van der Waals surface area contributed by atoms with Gasteiger partial charge in [0, 0.05) is 12.6 Å². The maximum Gasteiger partial charge on any atom is 0.121 e. The van der Waals surface area contributed by atoms with Crippen LogP contribution in [-0.2, 0) is 6.54 Å². The standard InChI is InChI=1S/C17H28N2O/c1-14-12-15(7-8-17(14)20-3)13-19-11-5-4-6-16(19)9-10-18-2/h7-8,12,16,18H,4-6,9-11,13H2,1-3H3. The molecule has 3 nitrogen and oxygen atoms in total. The molecule has 0 spiro atoms. The lowest BCUT2D eigenvalue weighted by atomic mass is 9.98. The zero-order chi connectivity index (χ0) is 14.4. The number of aryl methyl sites for hydroxylation is 1. The summed E-state index contributed by atoms with van der Waals surface area (Å²) < 4.78 is 5.34. The van der Waals surface area contributed by atoms with Gasteiger partial charge in [0.15, 0.2) is 0 Å². The fraction of sp³-hybridized carbons (Fsp3) is 0.647. The molecule has 0 bridgehead atoms. The van der Waals surface area contributed by atoms with Crippen LogP contribution in [0.3, 0.4) is 0 Å². The third kappa shape index (κ3) is 3.97. The van der Waals surface area contributed by atoms with E-state index in [0.29, 0.717) is 0 Å². The van der Waals surface area contributed by atoms with Crippen molar-refractivity contribution in [1.82, 2.24) is 10.2 Å². The highest BCUT2D eigenvalue weighted by Crippen LogP contribution is 2.24. The molecular weight excluding hydrogens is 248 g/mol. The molecule has 1 aromatic carbocycles. The van der Waals surface area contributed by atoms with Gasteiger partial charge < -0.3 is 10.1 Å². The predicted molar refractivity (Wildman–Crippen MR) is 84.3 cm³/mol. The number of piperidine rings is 1. The third-order valence-electron chi connectivity index (χ3n) is 4.32. The van der Waals surface area contributed by atoms with E-state index in [1.54, 1.807) is 7.11 Å². The van der Waals surface area contributed by atoms with Gasteiger partial charge in [-0.2, -0.15) is 0 Å². The van der Waals surface area contributed by atoms with Crippen molar-refractivity contribution in [1.29, 1.82) is 0 Å². The minimum absolute atomic E-state index is 0.735. The molecule has 1 atom stereocenters. The van der Waals surface area contributed by atoms with Gasteiger partial charge in [0.25, 0.3) is 0 Å².